The first-order valence-electron chi connectivity index (χ1n) is 17.3. The number of aliphatic hydroxyl groups excluding tert-OH is 1. The number of carboxylic acid groups (broad SMARTS) is 1. The minimum Gasteiger partial charge on any atom is -0.465 e. The summed E-state index contributed by atoms with van der Waals surface area (Å²) in [5.74, 6) is -1.27. The van der Waals surface area contributed by atoms with E-state index in [-0.39, 0.29) is 24.5 Å². The second kappa shape index (κ2) is 20.5. The Balaban J connectivity index is 1.52. The van der Waals surface area contributed by atoms with Gasteiger partial charge >= 0.3 is 6.09 Å². The van der Waals surface area contributed by atoms with Crippen LogP contribution in [0.3, 0.4) is 0 Å². The van der Waals surface area contributed by atoms with E-state index in [9.17, 15) is 24.3 Å². The van der Waals surface area contributed by atoms with Gasteiger partial charge in [0.05, 0.1) is 78.2 Å². The first-order chi connectivity index (χ1) is 23.9. The zero-order chi connectivity index (χ0) is 36.7. The van der Waals surface area contributed by atoms with Crippen molar-refractivity contribution in [1.29, 1.82) is 0 Å². The summed E-state index contributed by atoms with van der Waals surface area (Å²) in [7, 11) is 1.29. The molecule has 50 heavy (non-hydrogen) atoms. The molecular weight excluding hydrogens is 652 g/mol. The molecule has 4 amide bonds. The number of carbonyl (C=O) groups is 4. The van der Waals surface area contributed by atoms with Gasteiger partial charge in [-0.15, -0.1) is 0 Å². The second-order valence-electron chi connectivity index (χ2n) is 13.5. The first kappa shape index (κ1) is 41.1. The normalized spacial score (nSPS) is 19.9. The van der Waals surface area contributed by atoms with Gasteiger partial charge < -0.3 is 49.4 Å². The molecule has 1 fully saturated rings. The number of likely N-dealkylation sites (N-methyl/N-ethyl adjacent to an activating group) is 1. The minimum atomic E-state index is -1.26. The second-order valence-corrected chi connectivity index (χ2v) is 13.5. The smallest absolute Gasteiger partial charge is 0.407 e. The molecular formula is C35H56N4O11. The third-order valence-corrected chi connectivity index (χ3v) is 8.89. The van der Waals surface area contributed by atoms with Crippen LogP contribution in [0.1, 0.15) is 57.7 Å². The van der Waals surface area contributed by atoms with Crippen molar-refractivity contribution in [2.75, 3.05) is 79.7 Å². The lowest BCUT2D eigenvalue weighted by Crippen LogP contribution is -2.60. The predicted molar refractivity (Wildman–Crippen MR) is 183 cm³/mol. The lowest BCUT2D eigenvalue weighted by molar-refractivity contribution is -0.144. The molecule has 0 radical (unpaired) electrons. The molecule has 1 heterocycles. The van der Waals surface area contributed by atoms with Crippen LogP contribution in [-0.4, -0.2) is 148 Å². The van der Waals surface area contributed by atoms with Gasteiger partial charge in [-0.3, -0.25) is 19.3 Å². The average Bonchev–Trinajstić information content (AvgIpc) is 3.71. The molecule has 2 aliphatic rings. The van der Waals surface area contributed by atoms with Crippen molar-refractivity contribution in [3.63, 3.8) is 0 Å². The molecule has 1 saturated heterocycles. The number of nitrogens with one attached hydrogen (secondary N) is 2. The van der Waals surface area contributed by atoms with Crippen LogP contribution in [0.4, 0.5) is 4.79 Å². The Hall–Kier alpha value is -3.34. The maximum Gasteiger partial charge on any atom is 0.407 e. The van der Waals surface area contributed by atoms with E-state index in [1.807, 2.05) is 45.0 Å². The Bertz CT molecular complexity index is 1240. The van der Waals surface area contributed by atoms with Gasteiger partial charge in [-0.2, -0.15) is 0 Å². The highest BCUT2D eigenvalue weighted by Crippen LogP contribution is 2.34. The number of likely N-dealkylation sites (tertiary alicyclic amines) is 1. The summed E-state index contributed by atoms with van der Waals surface area (Å²) in [6, 6.07) is 4.73. The van der Waals surface area contributed by atoms with Crippen molar-refractivity contribution >= 4 is 23.8 Å². The van der Waals surface area contributed by atoms with Crippen molar-refractivity contribution in [3.8, 4) is 0 Å². The summed E-state index contributed by atoms with van der Waals surface area (Å²) < 4.78 is 27.9. The lowest BCUT2D eigenvalue weighted by Gasteiger charge is -2.36. The number of ether oxygens (including phenoxy) is 5. The fourth-order valence-electron chi connectivity index (χ4n) is 5.94. The molecule has 4 N–H and O–H groups in total. The van der Waals surface area contributed by atoms with Gasteiger partial charge in [0.15, 0.2) is 0 Å². The highest BCUT2D eigenvalue weighted by Gasteiger charge is 2.44. The van der Waals surface area contributed by atoms with Crippen LogP contribution in [0.15, 0.2) is 24.3 Å². The highest BCUT2D eigenvalue weighted by atomic mass is 16.6. The molecule has 1 aromatic rings. The summed E-state index contributed by atoms with van der Waals surface area (Å²) in [4.78, 5) is 54.6. The number of carbonyl (C=O) groups excluding carboxylic acids is 3. The van der Waals surface area contributed by atoms with Crippen molar-refractivity contribution < 1.29 is 53.1 Å². The summed E-state index contributed by atoms with van der Waals surface area (Å²) in [6.45, 7) is 10.8. The largest absolute Gasteiger partial charge is 0.465 e. The van der Waals surface area contributed by atoms with E-state index in [4.69, 9.17) is 28.8 Å². The van der Waals surface area contributed by atoms with E-state index >= 15 is 0 Å². The van der Waals surface area contributed by atoms with E-state index < -0.39 is 41.6 Å². The van der Waals surface area contributed by atoms with Crippen LogP contribution in [0.25, 0.3) is 0 Å². The lowest BCUT2D eigenvalue weighted by atomic mass is 9.85. The molecule has 0 saturated carbocycles. The van der Waals surface area contributed by atoms with E-state index in [0.29, 0.717) is 85.3 Å². The predicted octanol–water partition coefficient (Wildman–Crippen LogP) is 1.36. The molecule has 0 unspecified atom stereocenters. The molecule has 5 atom stereocenters. The van der Waals surface area contributed by atoms with Gasteiger partial charge in [0.1, 0.15) is 18.1 Å². The molecule has 3 rings (SSSR count). The first-order valence-corrected chi connectivity index (χ1v) is 17.3. The van der Waals surface area contributed by atoms with Gasteiger partial charge in [0.2, 0.25) is 17.7 Å². The fourth-order valence-corrected chi connectivity index (χ4v) is 5.94. The van der Waals surface area contributed by atoms with Crippen LogP contribution in [0.5, 0.6) is 0 Å². The van der Waals surface area contributed by atoms with Gasteiger partial charge in [0, 0.05) is 20.0 Å². The minimum absolute atomic E-state index is 0.00973. The average molecular weight is 709 g/mol. The third-order valence-electron chi connectivity index (χ3n) is 8.89. The van der Waals surface area contributed by atoms with Crippen LogP contribution in [0.2, 0.25) is 0 Å². The molecule has 0 spiro atoms. The van der Waals surface area contributed by atoms with E-state index in [0.717, 1.165) is 16.0 Å². The Morgan fingerprint density at radius 1 is 0.940 bits per heavy atom. The van der Waals surface area contributed by atoms with Crippen molar-refractivity contribution in [2.24, 2.45) is 5.41 Å². The molecule has 1 aliphatic heterocycles. The number of fused-ring (bicyclic) bond motifs is 1. The van der Waals surface area contributed by atoms with Gasteiger partial charge in [-0.25, -0.2) is 4.79 Å². The summed E-state index contributed by atoms with van der Waals surface area (Å²) in [6.07, 6.45) is 0.134. The summed E-state index contributed by atoms with van der Waals surface area (Å²) >= 11 is 0. The number of hydrogen-bond donors (Lipinski definition) is 4. The Labute approximate surface area is 294 Å². The summed E-state index contributed by atoms with van der Waals surface area (Å²) in [5, 5.41) is 23.9. The van der Waals surface area contributed by atoms with Gasteiger partial charge in [-0.05, 0) is 36.3 Å². The molecule has 0 aromatic heterocycles. The number of nitrogens with zero attached hydrogens (tertiary/aromatic N) is 2. The zero-order valence-electron chi connectivity index (χ0n) is 30.1. The van der Waals surface area contributed by atoms with Crippen molar-refractivity contribution in [1.82, 2.24) is 20.4 Å². The Kier molecular flexibility index (Phi) is 16.8. The topological polar surface area (TPSA) is 185 Å². The molecule has 15 nitrogen and oxygen atoms in total. The number of amides is 4. The zero-order valence-corrected chi connectivity index (χ0v) is 30.1. The van der Waals surface area contributed by atoms with E-state index in [1.54, 1.807) is 0 Å². The monoisotopic (exact) mass is 708 g/mol. The summed E-state index contributed by atoms with van der Waals surface area (Å²) in [5.41, 5.74) is 1.34. The number of benzene rings is 1. The molecule has 282 valence electrons. The molecule has 1 aromatic carbocycles. The van der Waals surface area contributed by atoms with Crippen LogP contribution in [-0.2, 0) is 44.5 Å². The Morgan fingerprint density at radius 3 is 2.10 bits per heavy atom. The maximum atomic E-state index is 14.0. The van der Waals surface area contributed by atoms with Gasteiger partial charge in [-0.1, -0.05) is 45.0 Å². The number of rotatable bonds is 21. The van der Waals surface area contributed by atoms with Crippen LogP contribution >= 0.6 is 0 Å². The Morgan fingerprint density at radius 2 is 1.52 bits per heavy atom. The molecule has 15 heteroatoms. The third kappa shape index (κ3) is 12.2. The standard InChI is InChI=1S/C35H56N4O11/c1-24(38(5)34(44)45)31(41)37-30(35(2,3)4)33(43)39-12-8-11-27(39)32(42)36-29-26-10-7-6-9-25(26)23-28(29)50-22-21-49-20-19-48-18-17-47-16-15-46-14-13-40/h6-7,9-10,24,27-30,40H,8,11-23H2,1-5H3,(H,36,42)(H,37,41)(H,44,45)/t24-,27-,28+,29-,30+/m0/s1. The maximum absolute atomic E-state index is 14.0. The van der Waals surface area contributed by atoms with Crippen molar-refractivity contribution in [3.05, 3.63) is 35.4 Å². The number of hydrogen-bond acceptors (Lipinski definition) is 10. The van der Waals surface area contributed by atoms with Crippen molar-refractivity contribution in [2.45, 2.75) is 77.2 Å². The fraction of sp³-hybridized carbons (Fsp3) is 0.714. The SMILES string of the molecule is C[C@@H](C(=O)N[C@H](C(=O)N1CCC[C@H]1C(=O)N[C@H]1c2ccccc2C[C@H]1OCCOCCOCCOCCOCCO)C(C)(C)C)N(C)C(=O)O. The number of aliphatic hydroxyl groups is 1. The molecule has 1 aliphatic carbocycles. The van der Waals surface area contributed by atoms with Gasteiger partial charge in [0.25, 0.3) is 0 Å². The van der Waals surface area contributed by atoms with Crippen LogP contribution in [0, 0.1) is 5.41 Å². The quantitative estimate of drug-likeness (QED) is 0.135. The van der Waals surface area contributed by atoms with E-state index in [2.05, 4.69) is 10.6 Å². The molecule has 0 bridgehead atoms. The van der Waals surface area contributed by atoms with Crippen LogP contribution < -0.4 is 10.6 Å². The van der Waals surface area contributed by atoms with E-state index in [1.165, 1.54) is 18.9 Å². The highest BCUT2D eigenvalue weighted by molar-refractivity contribution is 5.94.